The molecule has 0 amide bonds. The molecule has 58 valence electrons. The average Bonchev–Trinajstić information content (AvgIpc) is 2.46. The molecular formula is C9H12N2. The summed E-state index contributed by atoms with van der Waals surface area (Å²) in [5.41, 5.74) is 1.84. The van der Waals surface area contributed by atoms with Crippen molar-refractivity contribution in [1.82, 2.24) is 9.97 Å². The van der Waals surface area contributed by atoms with Crippen LogP contribution in [0.3, 0.4) is 0 Å². The summed E-state index contributed by atoms with van der Waals surface area (Å²) in [7, 11) is 0. The Morgan fingerprint density at radius 1 is 1.45 bits per heavy atom. The first-order chi connectivity index (χ1) is 5.31. The summed E-state index contributed by atoms with van der Waals surface area (Å²) >= 11 is 0. The first-order valence-electron chi connectivity index (χ1n) is 3.65. The quantitative estimate of drug-likeness (QED) is 0.699. The van der Waals surface area contributed by atoms with Gasteiger partial charge in [-0.2, -0.15) is 0 Å². The minimum absolute atomic E-state index is 0.886. The van der Waals surface area contributed by atoms with Gasteiger partial charge in [-0.1, -0.05) is 20.1 Å². The van der Waals surface area contributed by atoms with Gasteiger partial charge in [0.1, 0.15) is 5.82 Å². The molecule has 0 unspecified atom stereocenters. The largest absolute Gasteiger partial charge is 0.342 e. The van der Waals surface area contributed by atoms with Crippen molar-refractivity contribution in [2.45, 2.75) is 13.3 Å². The Kier molecular flexibility index (Phi) is 2.26. The van der Waals surface area contributed by atoms with E-state index in [4.69, 9.17) is 0 Å². The Labute approximate surface area is 66.7 Å². The summed E-state index contributed by atoms with van der Waals surface area (Å²) < 4.78 is 0. The van der Waals surface area contributed by atoms with Crippen LogP contribution in [0.5, 0.6) is 0 Å². The van der Waals surface area contributed by atoms with Crippen molar-refractivity contribution in [1.29, 1.82) is 0 Å². The van der Waals surface area contributed by atoms with Gasteiger partial charge in [-0.15, -0.1) is 0 Å². The molecule has 0 saturated heterocycles. The van der Waals surface area contributed by atoms with E-state index in [0.29, 0.717) is 0 Å². The van der Waals surface area contributed by atoms with Crippen LogP contribution in [0.4, 0.5) is 0 Å². The number of nitrogens with one attached hydrogen (secondary N) is 1. The van der Waals surface area contributed by atoms with Gasteiger partial charge in [0.25, 0.3) is 0 Å². The molecule has 0 atom stereocenters. The number of aryl methyl sites for hydroxylation is 1. The Morgan fingerprint density at radius 3 is 2.55 bits per heavy atom. The standard InChI is InChI=1S/C9H12N2/c1-4-7-8(5-2)11-9(6-3)10-7/h4-5H,1-2,6H2,3H3,(H,10,11). The fraction of sp³-hybridized carbons (Fsp3) is 0.222. The van der Waals surface area contributed by atoms with Gasteiger partial charge in [-0.05, 0) is 12.2 Å². The van der Waals surface area contributed by atoms with Crippen LogP contribution in [0, 0.1) is 0 Å². The van der Waals surface area contributed by atoms with Crippen molar-refractivity contribution in [2.24, 2.45) is 0 Å². The number of aromatic nitrogens is 2. The van der Waals surface area contributed by atoms with Crippen LogP contribution in [0.2, 0.25) is 0 Å². The first kappa shape index (κ1) is 7.79. The molecule has 0 spiro atoms. The van der Waals surface area contributed by atoms with Crippen LogP contribution in [0.1, 0.15) is 24.1 Å². The molecule has 0 aliphatic rings. The van der Waals surface area contributed by atoms with Crippen molar-refractivity contribution in [2.75, 3.05) is 0 Å². The van der Waals surface area contributed by atoms with E-state index in [1.807, 2.05) is 0 Å². The van der Waals surface area contributed by atoms with Gasteiger partial charge in [0.05, 0.1) is 11.4 Å². The summed E-state index contributed by atoms with van der Waals surface area (Å²) in [6.45, 7) is 9.38. The van der Waals surface area contributed by atoms with Gasteiger partial charge < -0.3 is 4.98 Å². The topological polar surface area (TPSA) is 28.7 Å². The van der Waals surface area contributed by atoms with Gasteiger partial charge in [0, 0.05) is 6.42 Å². The second kappa shape index (κ2) is 3.19. The van der Waals surface area contributed by atoms with E-state index < -0.39 is 0 Å². The minimum atomic E-state index is 0.886. The Balaban J connectivity index is 3.11. The molecule has 2 heteroatoms. The van der Waals surface area contributed by atoms with Crippen molar-refractivity contribution in [3.05, 3.63) is 30.4 Å². The van der Waals surface area contributed by atoms with Crippen LogP contribution in [0.25, 0.3) is 12.2 Å². The molecule has 1 aromatic heterocycles. The van der Waals surface area contributed by atoms with E-state index in [9.17, 15) is 0 Å². The summed E-state index contributed by atoms with van der Waals surface area (Å²) in [5, 5.41) is 0. The molecule has 1 N–H and O–H groups in total. The van der Waals surface area contributed by atoms with E-state index in [-0.39, 0.29) is 0 Å². The molecule has 0 aromatic carbocycles. The molecule has 0 aliphatic heterocycles. The smallest absolute Gasteiger partial charge is 0.106 e. The second-order valence-electron chi connectivity index (χ2n) is 2.24. The maximum atomic E-state index is 4.27. The van der Waals surface area contributed by atoms with Gasteiger partial charge in [-0.25, -0.2) is 4.98 Å². The van der Waals surface area contributed by atoms with Crippen LogP contribution in [-0.2, 0) is 6.42 Å². The fourth-order valence-corrected chi connectivity index (χ4v) is 0.932. The molecule has 0 radical (unpaired) electrons. The fourth-order valence-electron chi connectivity index (χ4n) is 0.932. The molecule has 1 heterocycles. The Morgan fingerprint density at radius 2 is 2.18 bits per heavy atom. The van der Waals surface area contributed by atoms with Gasteiger partial charge >= 0.3 is 0 Å². The molecule has 11 heavy (non-hydrogen) atoms. The van der Waals surface area contributed by atoms with Crippen molar-refractivity contribution >= 4 is 12.2 Å². The normalized spacial score (nSPS) is 9.55. The van der Waals surface area contributed by atoms with Crippen LogP contribution in [0.15, 0.2) is 13.2 Å². The molecule has 1 rings (SSSR count). The molecular weight excluding hydrogens is 136 g/mol. The monoisotopic (exact) mass is 148 g/mol. The van der Waals surface area contributed by atoms with Crippen molar-refractivity contribution in [3.8, 4) is 0 Å². The lowest BCUT2D eigenvalue weighted by Gasteiger charge is -1.84. The molecule has 0 fully saturated rings. The maximum Gasteiger partial charge on any atom is 0.106 e. The molecule has 1 aromatic rings. The Hall–Kier alpha value is -1.31. The van der Waals surface area contributed by atoms with Crippen LogP contribution >= 0.6 is 0 Å². The number of H-pyrrole nitrogens is 1. The number of hydrogen-bond acceptors (Lipinski definition) is 1. The lowest BCUT2D eigenvalue weighted by Crippen LogP contribution is -1.80. The minimum Gasteiger partial charge on any atom is -0.342 e. The summed E-state index contributed by atoms with van der Waals surface area (Å²) in [5.74, 6) is 0.981. The number of imidazole rings is 1. The van der Waals surface area contributed by atoms with Crippen LogP contribution in [-0.4, -0.2) is 9.97 Å². The highest BCUT2D eigenvalue weighted by Gasteiger charge is 2.01. The maximum absolute atomic E-state index is 4.27. The van der Waals surface area contributed by atoms with Crippen molar-refractivity contribution in [3.63, 3.8) is 0 Å². The van der Waals surface area contributed by atoms with E-state index in [1.54, 1.807) is 12.2 Å². The number of hydrogen-bond donors (Lipinski definition) is 1. The zero-order chi connectivity index (χ0) is 8.27. The summed E-state index contributed by atoms with van der Waals surface area (Å²) in [6.07, 6.45) is 4.39. The second-order valence-corrected chi connectivity index (χ2v) is 2.24. The highest BCUT2D eigenvalue weighted by molar-refractivity contribution is 5.57. The average molecular weight is 148 g/mol. The molecule has 0 aliphatic carbocycles. The lowest BCUT2D eigenvalue weighted by atomic mass is 10.3. The summed E-state index contributed by atoms with van der Waals surface area (Å²) in [4.78, 5) is 7.40. The molecule has 2 nitrogen and oxygen atoms in total. The Bertz CT molecular complexity index is 246. The third-order valence-corrected chi connectivity index (χ3v) is 1.54. The number of aromatic amines is 1. The number of rotatable bonds is 3. The third kappa shape index (κ3) is 1.40. The highest BCUT2D eigenvalue weighted by Crippen LogP contribution is 2.08. The molecule has 0 bridgehead atoms. The predicted octanol–water partition coefficient (Wildman–Crippen LogP) is 2.26. The number of nitrogens with zero attached hydrogens (tertiary/aromatic N) is 1. The summed E-state index contributed by atoms with van der Waals surface area (Å²) in [6, 6.07) is 0. The zero-order valence-electron chi connectivity index (χ0n) is 6.72. The van der Waals surface area contributed by atoms with E-state index >= 15 is 0 Å². The predicted molar refractivity (Wildman–Crippen MR) is 48.1 cm³/mol. The zero-order valence-corrected chi connectivity index (χ0v) is 6.72. The van der Waals surface area contributed by atoms with Gasteiger partial charge in [0.15, 0.2) is 0 Å². The van der Waals surface area contributed by atoms with E-state index in [2.05, 4.69) is 30.0 Å². The van der Waals surface area contributed by atoms with Crippen molar-refractivity contribution < 1.29 is 0 Å². The highest BCUT2D eigenvalue weighted by atomic mass is 14.9. The lowest BCUT2D eigenvalue weighted by molar-refractivity contribution is 0.986. The van der Waals surface area contributed by atoms with Crippen LogP contribution < -0.4 is 0 Å². The van der Waals surface area contributed by atoms with E-state index in [1.165, 1.54) is 0 Å². The van der Waals surface area contributed by atoms with E-state index in [0.717, 1.165) is 23.6 Å². The van der Waals surface area contributed by atoms with Gasteiger partial charge in [0.2, 0.25) is 0 Å². The first-order valence-corrected chi connectivity index (χ1v) is 3.65. The SMILES string of the molecule is C=Cc1nc(CC)[nH]c1C=C. The third-order valence-electron chi connectivity index (χ3n) is 1.54. The van der Waals surface area contributed by atoms with Gasteiger partial charge in [-0.3, -0.25) is 0 Å². The molecule has 0 saturated carbocycles.